The SMILES string of the molecule is Nc1ncc2nc1C(=O)Nc1ccccc1N1CCC(COc3cccc-2c3)C1. The Kier molecular flexibility index (Phi) is 4.27. The fourth-order valence-corrected chi connectivity index (χ4v) is 3.89. The monoisotopic (exact) mass is 387 g/mol. The molecule has 6 bridgehead atoms. The van der Waals surface area contributed by atoms with Gasteiger partial charge < -0.3 is 20.7 Å². The van der Waals surface area contributed by atoms with Crippen molar-refractivity contribution in [3.63, 3.8) is 0 Å². The summed E-state index contributed by atoms with van der Waals surface area (Å²) in [5, 5.41) is 2.97. The minimum atomic E-state index is -0.373. The molecular formula is C22H21N5O2. The van der Waals surface area contributed by atoms with Crippen molar-refractivity contribution >= 4 is 23.1 Å². The summed E-state index contributed by atoms with van der Waals surface area (Å²) in [5.41, 5.74) is 9.21. The molecule has 3 aromatic rings. The first kappa shape index (κ1) is 17.5. The third-order valence-electron chi connectivity index (χ3n) is 5.41. The molecule has 1 amide bonds. The fourth-order valence-electron chi connectivity index (χ4n) is 3.89. The predicted molar refractivity (Wildman–Crippen MR) is 112 cm³/mol. The number of ether oxygens (including phenoxy) is 1. The minimum absolute atomic E-state index is 0.0988. The first-order chi connectivity index (χ1) is 14.2. The zero-order valence-corrected chi connectivity index (χ0v) is 15.8. The van der Waals surface area contributed by atoms with Crippen molar-refractivity contribution in [2.45, 2.75) is 6.42 Å². The number of para-hydroxylation sites is 2. The number of carbonyl (C=O) groups excluding carboxylic acids is 1. The van der Waals surface area contributed by atoms with Gasteiger partial charge in [0.15, 0.2) is 11.5 Å². The van der Waals surface area contributed by atoms with Crippen LogP contribution in [0.5, 0.6) is 5.75 Å². The van der Waals surface area contributed by atoms with E-state index in [1.807, 2.05) is 48.5 Å². The highest BCUT2D eigenvalue weighted by Gasteiger charge is 2.26. The maximum absolute atomic E-state index is 13.0. The number of nitrogens with zero attached hydrogens (tertiary/aromatic N) is 3. The van der Waals surface area contributed by atoms with Crippen LogP contribution in [0.25, 0.3) is 11.3 Å². The lowest BCUT2D eigenvalue weighted by Crippen LogP contribution is -2.24. The van der Waals surface area contributed by atoms with Crippen LogP contribution in [0.2, 0.25) is 0 Å². The number of hydrogen-bond donors (Lipinski definition) is 2. The van der Waals surface area contributed by atoms with E-state index in [1.54, 1.807) is 6.20 Å². The van der Waals surface area contributed by atoms with Crippen molar-refractivity contribution in [2.75, 3.05) is 35.6 Å². The van der Waals surface area contributed by atoms with E-state index < -0.39 is 0 Å². The van der Waals surface area contributed by atoms with E-state index in [4.69, 9.17) is 10.5 Å². The molecule has 3 heterocycles. The highest BCUT2D eigenvalue weighted by atomic mass is 16.5. The largest absolute Gasteiger partial charge is 0.493 e. The number of nitrogens with one attached hydrogen (secondary N) is 1. The number of rotatable bonds is 0. The molecule has 1 saturated heterocycles. The van der Waals surface area contributed by atoms with Crippen LogP contribution < -0.4 is 20.7 Å². The zero-order valence-electron chi connectivity index (χ0n) is 15.8. The average molecular weight is 387 g/mol. The second-order valence-electron chi connectivity index (χ2n) is 7.40. The van der Waals surface area contributed by atoms with Crippen LogP contribution in [0.4, 0.5) is 17.2 Å². The second-order valence-corrected chi connectivity index (χ2v) is 7.40. The molecule has 146 valence electrons. The first-order valence-corrected chi connectivity index (χ1v) is 9.68. The lowest BCUT2D eigenvalue weighted by Gasteiger charge is -2.22. The van der Waals surface area contributed by atoms with Crippen molar-refractivity contribution in [1.82, 2.24) is 9.97 Å². The number of aromatic nitrogens is 2. The topological polar surface area (TPSA) is 93.4 Å². The van der Waals surface area contributed by atoms with E-state index in [2.05, 4.69) is 20.2 Å². The van der Waals surface area contributed by atoms with Crippen LogP contribution >= 0.6 is 0 Å². The van der Waals surface area contributed by atoms with E-state index in [1.165, 1.54) is 0 Å². The van der Waals surface area contributed by atoms with Crippen LogP contribution in [0.3, 0.4) is 0 Å². The van der Waals surface area contributed by atoms with Gasteiger partial charge in [0, 0.05) is 24.6 Å². The molecule has 0 saturated carbocycles. The summed E-state index contributed by atoms with van der Waals surface area (Å²) >= 11 is 0. The average Bonchev–Trinajstić information content (AvgIpc) is 3.21. The maximum atomic E-state index is 13.0. The highest BCUT2D eigenvalue weighted by molar-refractivity contribution is 6.07. The number of amides is 1. The van der Waals surface area contributed by atoms with Gasteiger partial charge in [-0.25, -0.2) is 9.97 Å². The number of fused-ring (bicyclic) bond motifs is 9. The lowest BCUT2D eigenvalue weighted by molar-refractivity contribution is 0.102. The van der Waals surface area contributed by atoms with E-state index in [-0.39, 0.29) is 17.4 Å². The predicted octanol–water partition coefficient (Wildman–Crippen LogP) is 3.20. The number of anilines is 3. The molecule has 1 unspecified atom stereocenters. The molecule has 0 spiro atoms. The molecule has 7 nitrogen and oxygen atoms in total. The van der Waals surface area contributed by atoms with Gasteiger partial charge in [-0.15, -0.1) is 0 Å². The molecule has 0 radical (unpaired) electrons. The number of nitrogen functional groups attached to an aromatic ring is 1. The minimum Gasteiger partial charge on any atom is -0.493 e. The number of carbonyl (C=O) groups is 1. The van der Waals surface area contributed by atoms with Gasteiger partial charge in [-0.3, -0.25) is 4.79 Å². The Hall–Kier alpha value is -3.61. The van der Waals surface area contributed by atoms with E-state index >= 15 is 0 Å². The molecule has 5 rings (SSSR count). The Labute approximate surface area is 168 Å². The summed E-state index contributed by atoms with van der Waals surface area (Å²) in [6.07, 6.45) is 2.62. The Bertz CT molecular complexity index is 1080. The van der Waals surface area contributed by atoms with Crippen molar-refractivity contribution in [3.05, 3.63) is 60.4 Å². The summed E-state index contributed by atoms with van der Waals surface area (Å²) in [7, 11) is 0. The van der Waals surface area contributed by atoms with Gasteiger partial charge >= 0.3 is 0 Å². The smallest absolute Gasteiger partial charge is 0.278 e. The summed E-state index contributed by atoms with van der Waals surface area (Å²) < 4.78 is 6.08. The molecule has 2 aliphatic heterocycles. The van der Waals surface area contributed by atoms with Gasteiger partial charge in [-0.2, -0.15) is 0 Å². The van der Waals surface area contributed by atoms with Crippen molar-refractivity contribution in [3.8, 4) is 17.0 Å². The van der Waals surface area contributed by atoms with E-state index in [9.17, 15) is 4.79 Å². The fraction of sp³-hybridized carbons (Fsp3) is 0.227. The first-order valence-electron chi connectivity index (χ1n) is 9.68. The van der Waals surface area contributed by atoms with Gasteiger partial charge in [0.2, 0.25) is 0 Å². The number of nitrogens with two attached hydrogens (primary N) is 1. The van der Waals surface area contributed by atoms with Gasteiger partial charge in [0.25, 0.3) is 5.91 Å². The standard InChI is InChI=1S/C22H21N5O2/c23-21-20-22(28)26-17-6-1-2-7-19(17)27-9-8-14(12-27)13-29-16-5-3-4-15(10-16)18(25-20)11-24-21/h1-7,10-11,14H,8-9,12-13H2,(H2,23,24)(H,26,28). The third-order valence-corrected chi connectivity index (χ3v) is 5.41. The van der Waals surface area contributed by atoms with Gasteiger partial charge in [0.05, 0.1) is 29.9 Å². The summed E-state index contributed by atoms with van der Waals surface area (Å²) in [4.78, 5) is 24.0. The van der Waals surface area contributed by atoms with Crippen molar-refractivity contribution < 1.29 is 9.53 Å². The van der Waals surface area contributed by atoms with Crippen LogP contribution in [-0.4, -0.2) is 35.6 Å². The van der Waals surface area contributed by atoms with Gasteiger partial charge in [-0.05, 0) is 30.7 Å². The molecule has 2 aliphatic rings. The van der Waals surface area contributed by atoms with Crippen LogP contribution in [0.15, 0.2) is 54.7 Å². The summed E-state index contributed by atoms with van der Waals surface area (Å²) in [6, 6.07) is 15.5. The Morgan fingerprint density at radius 2 is 2.07 bits per heavy atom. The summed E-state index contributed by atoms with van der Waals surface area (Å²) in [5.74, 6) is 0.925. The normalized spacial score (nSPS) is 18.1. The van der Waals surface area contributed by atoms with Crippen molar-refractivity contribution in [2.24, 2.45) is 5.92 Å². The molecule has 0 aliphatic carbocycles. The summed E-state index contributed by atoms with van der Waals surface area (Å²) in [6.45, 7) is 2.44. The molecule has 1 fully saturated rings. The van der Waals surface area contributed by atoms with E-state index in [0.717, 1.165) is 42.2 Å². The van der Waals surface area contributed by atoms with Crippen LogP contribution in [-0.2, 0) is 0 Å². The number of benzene rings is 2. The Morgan fingerprint density at radius 3 is 3.00 bits per heavy atom. The highest BCUT2D eigenvalue weighted by Crippen LogP contribution is 2.32. The van der Waals surface area contributed by atoms with Gasteiger partial charge in [-0.1, -0.05) is 24.3 Å². The molecule has 1 aromatic heterocycles. The Morgan fingerprint density at radius 1 is 1.17 bits per heavy atom. The Balaban J connectivity index is 1.61. The second kappa shape index (κ2) is 7.09. The van der Waals surface area contributed by atoms with Crippen LogP contribution in [0.1, 0.15) is 16.9 Å². The van der Waals surface area contributed by atoms with E-state index in [0.29, 0.717) is 18.2 Å². The number of hydrogen-bond acceptors (Lipinski definition) is 6. The molecule has 3 N–H and O–H groups in total. The quantitative estimate of drug-likeness (QED) is 0.615. The zero-order chi connectivity index (χ0) is 19.8. The molecule has 29 heavy (non-hydrogen) atoms. The lowest BCUT2D eigenvalue weighted by atomic mass is 10.1. The molecule has 2 aromatic carbocycles. The van der Waals surface area contributed by atoms with Crippen LogP contribution in [0, 0.1) is 5.92 Å². The maximum Gasteiger partial charge on any atom is 0.278 e. The molecular weight excluding hydrogens is 366 g/mol. The van der Waals surface area contributed by atoms with Crippen molar-refractivity contribution in [1.29, 1.82) is 0 Å². The third kappa shape index (κ3) is 3.35. The van der Waals surface area contributed by atoms with Gasteiger partial charge in [0.1, 0.15) is 5.75 Å². The molecule has 1 atom stereocenters. The molecule has 7 heteroatoms.